The van der Waals surface area contributed by atoms with Crippen LogP contribution in [0.5, 0.6) is 11.5 Å². The fourth-order valence-electron chi connectivity index (χ4n) is 3.12. The van der Waals surface area contributed by atoms with E-state index >= 15 is 0 Å². The van der Waals surface area contributed by atoms with Crippen LogP contribution in [0, 0.1) is 0 Å². The Morgan fingerprint density at radius 3 is 2.77 bits per heavy atom. The molecule has 3 rings (SSSR count). The van der Waals surface area contributed by atoms with E-state index in [-0.39, 0.29) is 11.9 Å². The Kier molecular flexibility index (Phi) is 6.40. The maximum absolute atomic E-state index is 12.7. The number of nitrogens with one attached hydrogen (secondary N) is 1. The highest BCUT2D eigenvalue weighted by Gasteiger charge is 2.22. The first-order valence-electron chi connectivity index (χ1n) is 8.77. The van der Waals surface area contributed by atoms with Gasteiger partial charge in [-0.1, -0.05) is 25.4 Å². The maximum Gasteiger partial charge on any atom is 0.251 e. The van der Waals surface area contributed by atoms with Crippen molar-refractivity contribution in [3.05, 3.63) is 45.1 Å². The van der Waals surface area contributed by atoms with Crippen LogP contribution in [0.3, 0.4) is 0 Å². The van der Waals surface area contributed by atoms with Crippen molar-refractivity contribution in [2.24, 2.45) is 0 Å². The molecule has 0 bridgehead atoms. The predicted octanol–water partition coefficient (Wildman–Crippen LogP) is 3.99. The fourth-order valence-corrected chi connectivity index (χ4v) is 4.09. The smallest absolute Gasteiger partial charge is 0.251 e. The number of likely N-dealkylation sites (N-methyl/N-ethyl adjacent to an activating group) is 1. The number of fused-ring (bicyclic) bond motifs is 1. The number of nitrogens with zero attached hydrogens (tertiary/aromatic N) is 1. The molecule has 5 nitrogen and oxygen atoms in total. The molecule has 1 N–H and O–H groups in total. The summed E-state index contributed by atoms with van der Waals surface area (Å²) in [6, 6.07) is 5.57. The summed E-state index contributed by atoms with van der Waals surface area (Å²) in [5, 5.41) is 7.63. The number of carbonyl (C=O) groups is 1. The van der Waals surface area contributed by atoms with Gasteiger partial charge in [-0.25, -0.2) is 0 Å². The van der Waals surface area contributed by atoms with Crippen molar-refractivity contribution in [2.75, 3.05) is 32.8 Å². The monoisotopic (exact) mass is 394 g/mol. The minimum Gasteiger partial charge on any atom is -0.486 e. The molecule has 140 valence electrons. The summed E-state index contributed by atoms with van der Waals surface area (Å²) in [6.07, 6.45) is 0. The van der Waals surface area contributed by atoms with Crippen LogP contribution in [-0.4, -0.2) is 43.7 Å². The molecule has 1 aliphatic heterocycles. The zero-order valence-corrected chi connectivity index (χ0v) is 16.5. The molecule has 0 saturated heterocycles. The van der Waals surface area contributed by atoms with Crippen molar-refractivity contribution in [3.8, 4) is 11.5 Å². The van der Waals surface area contributed by atoms with Crippen molar-refractivity contribution in [3.63, 3.8) is 0 Å². The first-order valence-corrected chi connectivity index (χ1v) is 10.1. The summed E-state index contributed by atoms with van der Waals surface area (Å²) in [7, 11) is 0. The Morgan fingerprint density at radius 2 is 2.08 bits per heavy atom. The van der Waals surface area contributed by atoms with E-state index in [1.165, 1.54) is 5.56 Å². The third-order valence-corrected chi connectivity index (χ3v) is 5.48. The summed E-state index contributed by atoms with van der Waals surface area (Å²) >= 11 is 7.91. The fraction of sp³-hybridized carbons (Fsp3) is 0.421. The van der Waals surface area contributed by atoms with Crippen molar-refractivity contribution in [2.45, 2.75) is 19.9 Å². The Bertz CT molecular complexity index is 747. The molecule has 1 aromatic carbocycles. The minimum atomic E-state index is -0.170. The van der Waals surface area contributed by atoms with E-state index in [0.29, 0.717) is 41.8 Å². The summed E-state index contributed by atoms with van der Waals surface area (Å²) in [6.45, 7) is 7.55. The standard InChI is InChI=1S/C19H23ClN2O3S/c1-3-22(4-2)16(13-5-8-26-12-13)11-21-19(23)14-9-15(20)18-17(10-14)24-6-7-25-18/h5,8-10,12,16H,3-4,6-7,11H2,1-2H3,(H,21,23)/t16-/m0/s1. The van der Waals surface area contributed by atoms with Gasteiger partial charge in [0.05, 0.1) is 11.1 Å². The molecule has 26 heavy (non-hydrogen) atoms. The van der Waals surface area contributed by atoms with E-state index in [1.54, 1.807) is 23.5 Å². The summed E-state index contributed by atoms with van der Waals surface area (Å²) in [5.41, 5.74) is 1.70. The third-order valence-electron chi connectivity index (χ3n) is 4.50. The minimum absolute atomic E-state index is 0.146. The van der Waals surface area contributed by atoms with Crippen molar-refractivity contribution < 1.29 is 14.3 Å². The second kappa shape index (κ2) is 8.75. The Morgan fingerprint density at radius 1 is 1.31 bits per heavy atom. The molecule has 1 atom stereocenters. The molecule has 1 aliphatic rings. The topological polar surface area (TPSA) is 50.8 Å². The number of hydrogen-bond acceptors (Lipinski definition) is 5. The first-order chi connectivity index (χ1) is 12.6. The Balaban J connectivity index is 1.73. The Labute approximate surface area is 162 Å². The summed E-state index contributed by atoms with van der Waals surface area (Å²) in [5.74, 6) is 0.858. The average molecular weight is 395 g/mol. The van der Waals surface area contributed by atoms with Crippen LogP contribution in [0.2, 0.25) is 5.02 Å². The van der Waals surface area contributed by atoms with Gasteiger partial charge in [-0.2, -0.15) is 11.3 Å². The number of hydrogen-bond donors (Lipinski definition) is 1. The number of halogens is 1. The molecule has 1 amide bonds. The molecule has 2 heterocycles. The van der Waals surface area contributed by atoms with Crippen LogP contribution < -0.4 is 14.8 Å². The van der Waals surface area contributed by atoms with Gasteiger partial charge >= 0.3 is 0 Å². The highest BCUT2D eigenvalue weighted by Crippen LogP contribution is 2.38. The predicted molar refractivity (Wildman–Crippen MR) is 105 cm³/mol. The van der Waals surface area contributed by atoms with Crippen LogP contribution in [0.25, 0.3) is 0 Å². The van der Waals surface area contributed by atoms with E-state index in [0.717, 1.165) is 13.1 Å². The largest absolute Gasteiger partial charge is 0.486 e. The van der Waals surface area contributed by atoms with Crippen LogP contribution in [0.1, 0.15) is 35.8 Å². The lowest BCUT2D eigenvalue weighted by molar-refractivity contribution is 0.0934. The molecule has 0 spiro atoms. The molecule has 0 saturated carbocycles. The molecular formula is C19H23ClN2O3S. The number of thiophene rings is 1. The molecule has 0 aliphatic carbocycles. The zero-order chi connectivity index (χ0) is 18.5. The highest BCUT2D eigenvalue weighted by atomic mass is 35.5. The van der Waals surface area contributed by atoms with Gasteiger partial charge in [0.15, 0.2) is 11.5 Å². The van der Waals surface area contributed by atoms with E-state index in [9.17, 15) is 4.79 Å². The highest BCUT2D eigenvalue weighted by molar-refractivity contribution is 7.08. The molecule has 1 aromatic heterocycles. The van der Waals surface area contributed by atoms with Gasteiger partial charge in [0.1, 0.15) is 13.2 Å². The summed E-state index contributed by atoms with van der Waals surface area (Å²) < 4.78 is 11.1. The van der Waals surface area contributed by atoms with Crippen LogP contribution in [-0.2, 0) is 0 Å². The summed E-state index contributed by atoms with van der Waals surface area (Å²) in [4.78, 5) is 15.0. The normalized spacial score (nSPS) is 14.3. The molecule has 2 aromatic rings. The van der Waals surface area contributed by atoms with E-state index in [2.05, 4.69) is 40.9 Å². The van der Waals surface area contributed by atoms with Gasteiger partial charge in [0.25, 0.3) is 5.91 Å². The second-order valence-electron chi connectivity index (χ2n) is 5.99. The number of ether oxygens (including phenoxy) is 2. The average Bonchev–Trinajstić information content (AvgIpc) is 3.19. The lowest BCUT2D eigenvalue weighted by atomic mass is 10.1. The molecule has 0 unspecified atom stereocenters. The number of carbonyl (C=O) groups excluding carboxylic acids is 1. The number of rotatable bonds is 7. The van der Waals surface area contributed by atoms with Crippen LogP contribution in [0.15, 0.2) is 29.0 Å². The number of benzene rings is 1. The van der Waals surface area contributed by atoms with Crippen molar-refractivity contribution >= 4 is 28.8 Å². The van der Waals surface area contributed by atoms with Crippen LogP contribution in [0.4, 0.5) is 0 Å². The molecule has 0 fully saturated rings. The molecule has 7 heteroatoms. The van der Waals surface area contributed by atoms with Gasteiger partial charge in [0.2, 0.25) is 0 Å². The SMILES string of the molecule is CCN(CC)[C@@H](CNC(=O)c1cc(Cl)c2c(c1)OCCO2)c1ccsc1. The lowest BCUT2D eigenvalue weighted by Crippen LogP contribution is -2.38. The van der Waals surface area contributed by atoms with E-state index in [1.807, 2.05) is 0 Å². The van der Waals surface area contributed by atoms with Crippen LogP contribution >= 0.6 is 22.9 Å². The van der Waals surface area contributed by atoms with Crippen molar-refractivity contribution in [1.82, 2.24) is 10.2 Å². The molecule has 0 radical (unpaired) electrons. The van der Waals surface area contributed by atoms with Gasteiger partial charge in [-0.15, -0.1) is 0 Å². The molecular weight excluding hydrogens is 372 g/mol. The van der Waals surface area contributed by atoms with Crippen molar-refractivity contribution in [1.29, 1.82) is 0 Å². The van der Waals surface area contributed by atoms with Gasteiger partial charge < -0.3 is 14.8 Å². The Hall–Kier alpha value is -1.76. The third kappa shape index (κ3) is 4.14. The lowest BCUT2D eigenvalue weighted by Gasteiger charge is -2.29. The quantitative estimate of drug-likeness (QED) is 0.771. The van der Waals surface area contributed by atoms with E-state index < -0.39 is 0 Å². The zero-order valence-electron chi connectivity index (χ0n) is 15.0. The van der Waals surface area contributed by atoms with Gasteiger partial charge in [-0.3, -0.25) is 9.69 Å². The number of amides is 1. The maximum atomic E-state index is 12.7. The van der Waals surface area contributed by atoms with E-state index in [4.69, 9.17) is 21.1 Å². The van der Waals surface area contributed by atoms with Gasteiger partial charge in [0, 0.05) is 12.1 Å². The first kappa shape index (κ1) is 19.0. The second-order valence-corrected chi connectivity index (χ2v) is 7.17. The van der Waals surface area contributed by atoms with Gasteiger partial charge in [-0.05, 0) is 47.6 Å².